The molecule has 1 aromatic rings. The summed E-state index contributed by atoms with van der Waals surface area (Å²) in [4.78, 5) is 31.4. The number of hydrogen-bond acceptors (Lipinski definition) is 4. The second-order valence-electron chi connectivity index (χ2n) is 8.99. The first-order valence-electron chi connectivity index (χ1n) is 10.1. The lowest BCUT2D eigenvalue weighted by Crippen LogP contribution is -2.64. The zero-order chi connectivity index (χ0) is 18.7. The molecule has 6 atom stereocenters. The molecule has 4 bridgehead atoms. The fraction of sp³-hybridized carbons (Fsp3) is 0.667. The fourth-order valence-electron chi connectivity index (χ4n) is 5.61. The number of carbonyl (C=O) groups is 2. The largest absolute Gasteiger partial charge is 0.460 e. The van der Waals surface area contributed by atoms with E-state index in [-0.39, 0.29) is 35.6 Å². The van der Waals surface area contributed by atoms with Crippen molar-refractivity contribution in [2.45, 2.75) is 51.2 Å². The quantitative estimate of drug-likeness (QED) is 0.765. The predicted molar refractivity (Wildman–Crippen MR) is 95.1 cm³/mol. The van der Waals surface area contributed by atoms with Crippen LogP contribution in [0.4, 0.5) is 4.39 Å². The van der Waals surface area contributed by atoms with Crippen LogP contribution in [0.15, 0.2) is 18.3 Å². The van der Waals surface area contributed by atoms with Crippen molar-refractivity contribution in [3.8, 4) is 0 Å². The maximum Gasteiger partial charge on any atom is 0.309 e. The molecule has 0 unspecified atom stereocenters. The molecule has 27 heavy (non-hydrogen) atoms. The summed E-state index contributed by atoms with van der Waals surface area (Å²) >= 11 is 0. The van der Waals surface area contributed by atoms with E-state index in [2.05, 4.69) is 11.9 Å². The summed E-state index contributed by atoms with van der Waals surface area (Å²) < 4.78 is 19.1. The summed E-state index contributed by atoms with van der Waals surface area (Å²) in [5.74, 6) is 1.16. The molecule has 2 aliphatic heterocycles. The Morgan fingerprint density at radius 3 is 2.70 bits per heavy atom. The Hall–Kier alpha value is -1.98. The summed E-state index contributed by atoms with van der Waals surface area (Å²) in [6.07, 6.45) is 5.94. The minimum absolute atomic E-state index is 0.0638. The van der Waals surface area contributed by atoms with Gasteiger partial charge in [-0.1, -0.05) is 6.92 Å². The Balaban J connectivity index is 1.44. The van der Waals surface area contributed by atoms with Gasteiger partial charge >= 0.3 is 5.97 Å². The van der Waals surface area contributed by atoms with Crippen LogP contribution in [0.5, 0.6) is 0 Å². The van der Waals surface area contributed by atoms with Crippen molar-refractivity contribution in [3.63, 3.8) is 0 Å². The zero-order valence-corrected chi connectivity index (χ0v) is 15.5. The van der Waals surface area contributed by atoms with Crippen LogP contribution in [-0.2, 0) is 9.53 Å². The highest BCUT2D eigenvalue weighted by Crippen LogP contribution is 2.54. The average Bonchev–Trinajstić information content (AvgIpc) is 3.48. The molecule has 5 nitrogen and oxygen atoms in total. The van der Waals surface area contributed by atoms with E-state index in [1.54, 1.807) is 0 Å². The van der Waals surface area contributed by atoms with E-state index in [1.807, 2.05) is 4.90 Å². The van der Waals surface area contributed by atoms with Gasteiger partial charge in [0.1, 0.15) is 17.6 Å². The van der Waals surface area contributed by atoms with Crippen LogP contribution >= 0.6 is 0 Å². The lowest BCUT2D eigenvalue weighted by Gasteiger charge is -2.53. The van der Waals surface area contributed by atoms with Gasteiger partial charge in [-0.15, -0.1) is 0 Å². The Kier molecular flexibility index (Phi) is 3.99. The molecule has 5 fully saturated rings. The van der Waals surface area contributed by atoms with Gasteiger partial charge in [0, 0.05) is 12.5 Å². The highest BCUT2D eigenvalue weighted by molar-refractivity contribution is 5.92. The number of aromatic nitrogens is 1. The normalized spacial score (nSPS) is 37.2. The Morgan fingerprint density at radius 1 is 1.19 bits per heavy atom. The Labute approximate surface area is 158 Å². The molecule has 1 amide bonds. The first-order chi connectivity index (χ1) is 13.0. The number of pyridine rings is 1. The van der Waals surface area contributed by atoms with Gasteiger partial charge in [-0.3, -0.25) is 9.59 Å². The Morgan fingerprint density at radius 2 is 2.00 bits per heavy atom. The summed E-state index contributed by atoms with van der Waals surface area (Å²) in [6.45, 7) is 2.96. The first-order valence-corrected chi connectivity index (χ1v) is 10.1. The van der Waals surface area contributed by atoms with Crippen molar-refractivity contribution in [1.29, 1.82) is 0 Å². The molecule has 0 aromatic carbocycles. The smallest absolute Gasteiger partial charge is 0.309 e. The number of fused-ring (bicyclic) bond motifs is 1. The number of esters is 1. The highest BCUT2D eigenvalue weighted by Gasteiger charge is 2.60. The molecule has 3 aliphatic carbocycles. The van der Waals surface area contributed by atoms with Gasteiger partial charge in [0.2, 0.25) is 0 Å². The van der Waals surface area contributed by atoms with E-state index in [9.17, 15) is 14.0 Å². The molecule has 2 saturated heterocycles. The third-order valence-corrected chi connectivity index (χ3v) is 6.95. The van der Waals surface area contributed by atoms with Gasteiger partial charge < -0.3 is 9.64 Å². The van der Waals surface area contributed by atoms with Crippen LogP contribution in [0.25, 0.3) is 0 Å². The number of carbonyl (C=O) groups excluding carboxylic acids is 2. The molecule has 5 aliphatic rings. The predicted octanol–water partition coefficient (Wildman–Crippen LogP) is 3.05. The third-order valence-electron chi connectivity index (χ3n) is 6.95. The highest BCUT2D eigenvalue weighted by atomic mass is 19.1. The SMILES string of the molecule is C[C@@H]1C[C@H]2C[C@H]3[C@@H](C1)[C@@H]([C@@H]3OC(=O)C1CC1)N(C(=O)c1ccc(F)cn1)C2. The molecule has 6 heteroatoms. The summed E-state index contributed by atoms with van der Waals surface area (Å²) in [5, 5.41) is 0. The van der Waals surface area contributed by atoms with Crippen LogP contribution in [0.3, 0.4) is 0 Å². The van der Waals surface area contributed by atoms with E-state index in [0.29, 0.717) is 30.2 Å². The first kappa shape index (κ1) is 17.1. The second-order valence-corrected chi connectivity index (χ2v) is 8.99. The molecular formula is C21H25FN2O3. The number of nitrogens with zero attached hydrogens (tertiary/aromatic N) is 2. The van der Waals surface area contributed by atoms with Crippen molar-refractivity contribution in [2.24, 2.45) is 29.6 Å². The number of rotatable bonds is 3. The molecule has 3 saturated carbocycles. The lowest BCUT2D eigenvalue weighted by atomic mass is 9.63. The zero-order valence-electron chi connectivity index (χ0n) is 15.5. The molecule has 144 valence electrons. The summed E-state index contributed by atoms with van der Waals surface area (Å²) in [5.41, 5.74) is 0.264. The van der Waals surface area contributed by atoms with Crippen molar-refractivity contribution >= 4 is 11.9 Å². The van der Waals surface area contributed by atoms with E-state index >= 15 is 0 Å². The monoisotopic (exact) mass is 372 g/mol. The molecule has 0 N–H and O–H groups in total. The fourth-order valence-corrected chi connectivity index (χ4v) is 5.61. The van der Waals surface area contributed by atoms with Crippen LogP contribution < -0.4 is 0 Å². The van der Waals surface area contributed by atoms with Crippen molar-refractivity contribution in [3.05, 3.63) is 29.8 Å². The lowest BCUT2D eigenvalue weighted by molar-refractivity contribution is -0.178. The van der Waals surface area contributed by atoms with Crippen LogP contribution in [0.1, 0.15) is 49.5 Å². The maximum absolute atomic E-state index is 13.2. The van der Waals surface area contributed by atoms with Gasteiger partial charge in [0.25, 0.3) is 5.91 Å². The van der Waals surface area contributed by atoms with Gasteiger partial charge in [-0.25, -0.2) is 9.37 Å². The minimum Gasteiger partial charge on any atom is -0.460 e. The number of amides is 1. The minimum atomic E-state index is -0.451. The molecular weight excluding hydrogens is 347 g/mol. The van der Waals surface area contributed by atoms with Crippen molar-refractivity contribution < 1.29 is 18.7 Å². The summed E-state index contributed by atoms with van der Waals surface area (Å²) in [7, 11) is 0. The van der Waals surface area contributed by atoms with E-state index in [0.717, 1.165) is 38.3 Å². The van der Waals surface area contributed by atoms with Crippen LogP contribution in [-0.4, -0.2) is 40.5 Å². The standard InChI is InChI=1S/C21H25FN2O3/c1-11-6-12-8-16-15(7-11)18(19(16)27-21(26)13-2-3-13)24(10-12)20(25)17-5-4-14(22)9-23-17/h4-5,9,11-13,15-16,18-19H,2-3,6-8,10H2,1H3/t11-,12+,15-,16+,18+,19-/m1/s1. The van der Waals surface area contributed by atoms with Crippen molar-refractivity contribution in [2.75, 3.05) is 6.54 Å². The molecule has 0 spiro atoms. The molecule has 3 heterocycles. The van der Waals surface area contributed by atoms with E-state index in [4.69, 9.17) is 4.74 Å². The molecule has 1 aromatic heterocycles. The number of hydrogen-bond donors (Lipinski definition) is 0. The molecule has 6 rings (SSSR count). The average molecular weight is 372 g/mol. The van der Waals surface area contributed by atoms with Gasteiger partial charge in [-0.2, -0.15) is 0 Å². The number of halogens is 1. The molecule has 0 radical (unpaired) electrons. The number of ether oxygens (including phenoxy) is 1. The topological polar surface area (TPSA) is 59.5 Å². The van der Waals surface area contributed by atoms with E-state index in [1.165, 1.54) is 12.1 Å². The van der Waals surface area contributed by atoms with Gasteiger partial charge in [0.05, 0.1) is 18.2 Å². The van der Waals surface area contributed by atoms with Crippen LogP contribution in [0.2, 0.25) is 0 Å². The maximum atomic E-state index is 13.2. The third kappa shape index (κ3) is 2.93. The second kappa shape index (κ2) is 6.28. The Bertz CT molecular complexity index is 763. The van der Waals surface area contributed by atoms with Gasteiger partial charge in [0.15, 0.2) is 0 Å². The van der Waals surface area contributed by atoms with Crippen molar-refractivity contribution in [1.82, 2.24) is 9.88 Å². The summed E-state index contributed by atoms with van der Waals surface area (Å²) in [6, 6.07) is 2.65. The van der Waals surface area contributed by atoms with Gasteiger partial charge in [-0.05, 0) is 62.0 Å². The van der Waals surface area contributed by atoms with Crippen LogP contribution in [0, 0.1) is 35.4 Å². The van der Waals surface area contributed by atoms with E-state index < -0.39 is 5.82 Å².